The van der Waals surface area contributed by atoms with Crippen LogP contribution in [0.4, 0.5) is 4.39 Å². The lowest BCUT2D eigenvalue weighted by molar-refractivity contribution is -0.129. The smallest absolute Gasteiger partial charge is 0.243 e. The average molecular weight is 342 g/mol. The van der Waals surface area contributed by atoms with Crippen molar-refractivity contribution >= 4 is 17.2 Å². The highest BCUT2D eigenvalue weighted by Gasteiger charge is 2.07. The van der Waals surface area contributed by atoms with Gasteiger partial charge in [0.25, 0.3) is 0 Å². The highest BCUT2D eigenvalue weighted by atomic mass is 32.1. The third kappa shape index (κ3) is 3.84. The van der Waals surface area contributed by atoms with E-state index in [1.54, 1.807) is 17.6 Å². The van der Waals surface area contributed by atoms with E-state index in [-0.39, 0.29) is 12.2 Å². The van der Waals surface area contributed by atoms with Crippen LogP contribution >= 0.6 is 11.3 Å². The Balaban J connectivity index is 1.73. The molecule has 0 saturated heterocycles. The fourth-order valence-electron chi connectivity index (χ4n) is 2.30. The van der Waals surface area contributed by atoms with E-state index in [0.717, 1.165) is 27.4 Å². The van der Waals surface area contributed by atoms with Crippen molar-refractivity contribution in [3.05, 3.63) is 65.4 Å². The summed E-state index contributed by atoms with van der Waals surface area (Å²) in [6.07, 6.45) is 0.680. The fraction of sp³-hybridized carbons (Fsp3) is 0.111. The number of hydrogen-bond acceptors (Lipinski definition) is 4. The first kappa shape index (κ1) is 16.3. The molecule has 3 rings (SSSR count). The minimum absolute atomic E-state index is 0.198. The second kappa shape index (κ2) is 7.33. The van der Waals surface area contributed by atoms with E-state index < -0.39 is 5.91 Å². The Morgan fingerprint density at radius 1 is 1.04 bits per heavy atom. The van der Waals surface area contributed by atoms with Crippen molar-refractivity contribution in [3.63, 3.8) is 0 Å². The van der Waals surface area contributed by atoms with Crippen LogP contribution in [0.3, 0.4) is 0 Å². The molecule has 4 nitrogen and oxygen atoms in total. The third-order valence-electron chi connectivity index (χ3n) is 3.59. The van der Waals surface area contributed by atoms with E-state index >= 15 is 0 Å². The van der Waals surface area contributed by atoms with Crippen LogP contribution in [0.15, 0.2) is 53.9 Å². The minimum Gasteiger partial charge on any atom is -0.289 e. The molecule has 0 saturated carbocycles. The van der Waals surface area contributed by atoms with Crippen LogP contribution < -0.4 is 5.48 Å². The van der Waals surface area contributed by atoms with E-state index in [0.29, 0.717) is 6.42 Å². The molecule has 1 aromatic heterocycles. The number of nitrogens with zero attached hydrogens (tertiary/aromatic N) is 1. The number of aromatic nitrogens is 1. The molecule has 0 spiro atoms. The largest absolute Gasteiger partial charge is 0.289 e. The van der Waals surface area contributed by atoms with Gasteiger partial charge in [0.05, 0.1) is 5.69 Å². The van der Waals surface area contributed by atoms with Gasteiger partial charge >= 0.3 is 0 Å². The Labute approximate surface area is 142 Å². The summed E-state index contributed by atoms with van der Waals surface area (Å²) in [7, 11) is 0. The first-order valence-corrected chi connectivity index (χ1v) is 8.27. The maximum atomic E-state index is 13.0. The highest BCUT2D eigenvalue weighted by Crippen LogP contribution is 2.27. The number of carbonyl (C=O) groups is 1. The second-order valence-electron chi connectivity index (χ2n) is 5.26. The van der Waals surface area contributed by atoms with Gasteiger partial charge in [0, 0.05) is 17.4 Å². The Morgan fingerprint density at radius 2 is 1.62 bits per heavy atom. The van der Waals surface area contributed by atoms with E-state index in [2.05, 4.69) is 4.98 Å². The van der Waals surface area contributed by atoms with E-state index in [9.17, 15) is 9.18 Å². The van der Waals surface area contributed by atoms with E-state index in [1.165, 1.54) is 23.5 Å². The second-order valence-corrected chi connectivity index (χ2v) is 6.12. The molecule has 1 heterocycles. The molecule has 0 aliphatic rings. The first-order chi connectivity index (χ1) is 11.7. The van der Waals surface area contributed by atoms with Gasteiger partial charge in [0.1, 0.15) is 10.8 Å². The van der Waals surface area contributed by atoms with Gasteiger partial charge in [-0.25, -0.2) is 14.9 Å². The number of benzene rings is 2. The Kier molecular flexibility index (Phi) is 4.98. The Hall–Kier alpha value is -2.57. The van der Waals surface area contributed by atoms with Crippen molar-refractivity contribution in [2.75, 3.05) is 0 Å². The average Bonchev–Trinajstić information content (AvgIpc) is 3.09. The van der Waals surface area contributed by atoms with E-state index in [1.807, 2.05) is 29.6 Å². The van der Waals surface area contributed by atoms with Gasteiger partial charge < -0.3 is 0 Å². The lowest BCUT2D eigenvalue weighted by atomic mass is 10.0. The van der Waals surface area contributed by atoms with Crippen LogP contribution in [0, 0.1) is 5.82 Å². The topological polar surface area (TPSA) is 62.2 Å². The molecule has 1 amide bonds. The summed E-state index contributed by atoms with van der Waals surface area (Å²) in [5.41, 5.74) is 5.39. The molecule has 0 atom stereocenters. The normalized spacial score (nSPS) is 10.6. The molecule has 122 valence electrons. The molecule has 0 radical (unpaired) electrons. The molecule has 6 heteroatoms. The fourth-order valence-corrected chi connectivity index (χ4v) is 3.16. The predicted octanol–water partition coefficient (Wildman–Crippen LogP) is 4.05. The van der Waals surface area contributed by atoms with Gasteiger partial charge in [-0.2, -0.15) is 0 Å². The van der Waals surface area contributed by atoms with Crippen molar-refractivity contribution in [2.45, 2.75) is 12.8 Å². The number of hydroxylamine groups is 1. The van der Waals surface area contributed by atoms with Crippen LogP contribution in [0.2, 0.25) is 0 Å². The molecule has 0 unspecified atom stereocenters. The number of thiazole rings is 1. The molecule has 3 aromatic rings. The summed E-state index contributed by atoms with van der Waals surface area (Å²) in [4.78, 5) is 15.6. The maximum Gasteiger partial charge on any atom is 0.243 e. The van der Waals surface area contributed by atoms with Crippen LogP contribution in [0.25, 0.3) is 21.7 Å². The van der Waals surface area contributed by atoms with Crippen LogP contribution in [-0.2, 0) is 11.2 Å². The van der Waals surface area contributed by atoms with Crippen molar-refractivity contribution in [2.24, 2.45) is 0 Å². The zero-order valence-electron chi connectivity index (χ0n) is 12.7. The van der Waals surface area contributed by atoms with Crippen molar-refractivity contribution in [3.8, 4) is 21.7 Å². The van der Waals surface area contributed by atoms with Crippen molar-refractivity contribution in [1.82, 2.24) is 10.5 Å². The summed E-state index contributed by atoms with van der Waals surface area (Å²) < 4.78 is 13.0. The Bertz CT molecular complexity index is 829. The summed E-state index contributed by atoms with van der Waals surface area (Å²) in [6, 6.07) is 14.3. The summed E-state index contributed by atoms with van der Waals surface area (Å²) in [6.45, 7) is 0. The molecular weight excluding hydrogens is 327 g/mol. The first-order valence-electron chi connectivity index (χ1n) is 7.39. The maximum absolute atomic E-state index is 13.0. The van der Waals surface area contributed by atoms with Gasteiger partial charge in [-0.05, 0) is 29.7 Å². The number of nitrogens with one attached hydrogen (secondary N) is 1. The number of halogens is 1. The van der Waals surface area contributed by atoms with Gasteiger partial charge in [-0.3, -0.25) is 10.0 Å². The van der Waals surface area contributed by atoms with Gasteiger partial charge in [-0.1, -0.05) is 36.4 Å². The lowest BCUT2D eigenvalue weighted by Gasteiger charge is -2.03. The molecule has 2 N–H and O–H groups in total. The minimum atomic E-state index is -0.423. The van der Waals surface area contributed by atoms with Crippen molar-refractivity contribution in [1.29, 1.82) is 0 Å². The summed E-state index contributed by atoms with van der Waals surface area (Å²) >= 11 is 1.51. The summed E-state index contributed by atoms with van der Waals surface area (Å²) in [5.74, 6) is -0.672. The van der Waals surface area contributed by atoms with Gasteiger partial charge in [0.2, 0.25) is 5.91 Å². The number of rotatable bonds is 5. The van der Waals surface area contributed by atoms with Crippen molar-refractivity contribution < 1.29 is 14.4 Å². The SMILES string of the molecule is O=C(CCc1csc(-c2ccc(-c3ccc(F)cc3)cc2)n1)NO. The van der Waals surface area contributed by atoms with Gasteiger partial charge in [0.15, 0.2) is 0 Å². The molecule has 0 aliphatic heterocycles. The predicted molar refractivity (Wildman–Crippen MR) is 91.2 cm³/mol. The molecular formula is C18H15FN2O2S. The number of carbonyl (C=O) groups excluding carboxylic acids is 1. The number of aryl methyl sites for hydroxylation is 1. The molecule has 0 bridgehead atoms. The molecule has 0 aliphatic carbocycles. The molecule has 0 fully saturated rings. The highest BCUT2D eigenvalue weighted by molar-refractivity contribution is 7.13. The zero-order chi connectivity index (χ0) is 16.9. The molecule has 2 aromatic carbocycles. The van der Waals surface area contributed by atoms with E-state index in [4.69, 9.17) is 5.21 Å². The third-order valence-corrected chi connectivity index (χ3v) is 4.53. The summed E-state index contributed by atoms with van der Waals surface area (Å²) in [5, 5.41) is 11.3. The quantitative estimate of drug-likeness (QED) is 0.543. The number of hydrogen-bond donors (Lipinski definition) is 2. The molecule has 24 heavy (non-hydrogen) atoms. The zero-order valence-corrected chi connectivity index (χ0v) is 13.5. The van der Waals surface area contributed by atoms with Crippen LogP contribution in [0.1, 0.15) is 12.1 Å². The lowest BCUT2D eigenvalue weighted by Crippen LogP contribution is -2.18. The van der Waals surface area contributed by atoms with Crippen LogP contribution in [0.5, 0.6) is 0 Å². The number of amides is 1. The van der Waals surface area contributed by atoms with Gasteiger partial charge in [-0.15, -0.1) is 11.3 Å². The Morgan fingerprint density at radius 3 is 2.25 bits per heavy atom. The monoisotopic (exact) mass is 342 g/mol. The van der Waals surface area contributed by atoms with Crippen LogP contribution in [-0.4, -0.2) is 16.1 Å². The standard InChI is InChI=1S/C18H15FN2O2S/c19-15-7-5-13(6-8-15)12-1-3-14(4-2-12)18-20-16(11-24-18)9-10-17(22)21-23/h1-8,11,23H,9-10H2,(H,21,22).